The third kappa shape index (κ3) is 3.94. The fourth-order valence-electron chi connectivity index (χ4n) is 2.24. The first kappa shape index (κ1) is 15.9. The van der Waals surface area contributed by atoms with Crippen LogP contribution in [-0.2, 0) is 0 Å². The molecular formula is C14H20BrClFN. The Morgan fingerprint density at radius 2 is 2.06 bits per heavy atom. The third-order valence-corrected chi connectivity index (χ3v) is 4.31. The van der Waals surface area contributed by atoms with Crippen molar-refractivity contribution >= 4 is 27.5 Å². The summed E-state index contributed by atoms with van der Waals surface area (Å²) in [6.45, 7) is 7.13. The second-order valence-electron chi connectivity index (χ2n) is 4.59. The van der Waals surface area contributed by atoms with Crippen LogP contribution < -0.4 is 5.32 Å². The van der Waals surface area contributed by atoms with Crippen molar-refractivity contribution in [1.29, 1.82) is 0 Å². The normalized spacial score (nSPS) is 14.6. The zero-order valence-corrected chi connectivity index (χ0v) is 13.4. The highest BCUT2D eigenvalue weighted by molar-refractivity contribution is 9.10. The Morgan fingerprint density at radius 1 is 1.39 bits per heavy atom. The van der Waals surface area contributed by atoms with E-state index in [0.717, 1.165) is 19.4 Å². The lowest BCUT2D eigenvalue weighted by Gasteiger charge is -2.26. The zero-order chi connectivity index (χ0) is 13.7. The fraction of sp³-hybridized carbons (Fsp3) is 0.571. The molecule has 0 aliphatic heterocycles. The van der Waals surface area contributed by atoms with E-state index in [4.69, 9.17) is 11.6 Å². The van der Waals surface area contributed by atoms with Gasteiger partial charge in [0.1, 0.15) is 5.82 Å². The van der Waals surface area contributed by atoms with Gasteiger partial charge in [-0.1, -0.05) is 38.8 Å². The SMILES string of the molecule is CCCC(C)C(NCC)c1cc(Cl)c(Br)cc1F. The van der Waals surface area contributed by atoms with Crippen LogP contribution in [0.25, 0.3) is 0 Å². The molecule has 2 atom stereocenters. The highest BCUT2D eigenvalue weighted by atomic mass is 79.9. The highest BCUT2D eigenvalue weighted by Crippen LogP contribution is 2.33. The van der Waals surface area contributed by atoms with E-state index in [9.17, 15) is 4.39 Å². The third-order valence-electron chi connectivity index (χ3n) is 3.11. The van der Waals surface area contributed by atoms with Crippen LogP contribution in [0.2, 0.25) is 5.02 Å². The molecule has 1 N–H and O–H groups in total. The molecule has 0 radical (unpaired) electrons. The van der Waals surface area contributed by atoms with Gasteiger partial charge in [0.25, 0.3) is 0 Å². The molecule has 4 heteroatoms. The summed E-state index contributed by atoms with van der Waals surface area (Å²) in [5.74, 6) is 0.168. The largest absolute Gasteiger partial charge is 0.310 e. The van der Waals surface area contributed by atoms with Gasteiger partial charge < -0.3 is 5.32 Å². The van der Waals surface area contributed by atoms with Crippen LogP contribution in [0.1, 0.15) is 45.2 Å². The molecule has 0 saturated heterocycles. The van der Waals surface area contributed by atoms with E-state index in [-0.39, 0.29) is 11.9 Å². The molecule has 1 aromatic carbocycles. The molecule has 0 aromatic heterocycles. The van der Waals surface area contributed by atoms with Gasteiger partial charge in [0.05, 0.1) is 5.02 Å². The Hall–Kier alpha value is -0.120. The number of benzene rings is 1. The second kappa shape index (κ2) is 7.46. The van der Waals surface area contributed by atoms with Crippen LogP contribution in [0.4, 0.5) is 4.39 Å². The Balaban J connectivity index is 3.08. The van der Waals surface area contributed by atoms with Crippen molar-refractivity contribution in [3.63, 3.8) is 0 Å². The zero-order valence-electron chi connectivity index (χ0n) is 11.1. The molecular weight excluding hydrogens is 317 g/mol. The first-order valence-electron chi connectivity index (χ1n) is 6.39. The predicted octanol–water partition coefficient (Wildman–Crippen LogP) is 5.33. The summed E-state index contributed by atoms with van der Waals surface area (Å²) in [5.41, 5.74) is 0.658. The molecule has 1 rings (SSSR count). The Morgan fingerprint density at radius 3 is 2.61 bits per heavy atom. The monoisotopic (exact) mass is 335 g/mol. The van der Waals surface area contributed by atoms with Gasteiger partial charge in [0.2, 0.25) is 0 Å². The summed E-state index contributed by atoms with van der Waals surface area (Å²) >= 11 is 9.31. The van der Waals surface area contributed by atoms with Crippen LogP contribution in [0.3, 0.4) is 0 Å². The van der Waals surface area contributed by atoms with Gasteiger partial charge in [-0.15, -0.1) is 0 Å². The summed E-state index contributed by atoms with van der Waals surface area (Å²) in [5, 5.41) is 3.91. The van der Waals surface area contributed by atoms with Gasteiger partial charge >= 0.3 is 0 Å². The van der Waals surface area contributed by atoms with Crippen molar-refractivity contribution in [1.82, 2.24) is 5.32 Å². The number of hydrogen-bond acceptors (Lipinski definition) is 1. The van der Waals surface area contributed by atoms with Crippen molar-refractivity contribution in [2.75, 3.05) is 6.54 Å². The van der Waals surface area contributed by atoms with Gasteiger partial charge in [0.15, 0.2) is 0 Å². The van der Waals surface area contributed by atoms with E-state index in [2.05, 4.69) is 35.1 Å². The smallest absolute Gasteiger partial charge is 0.129 e. The average Bonchev–Trinajstić information content (AvgIpc) is 2.31. The van der Waals surface area contributed by atoms with Crippen molar-refractivity contribution in [2.45, 2.75) is 39.7 Å². The Bertz CT molecular complexity index is 398. The summed E-state index contributed by atoms with van der Waals surface area (Å²) in [6.07, 6.45) is 2.15. The van der Waals surface area contributed by atoms with Gasteiger partial charge in [-0.3, -0.25) is 0 Å². The lowest BCUT2D eigenvalue weighted by molar-refractivity contribution is 0.358. The quantitative estimate of drug-likeness (QED) is 0.692. The number of nitrogens with one attached hydrogen (secondary N) is 1. The van der Waals surface area contributed by atoms with Crippen molar-refractivity contribution in [3.05, 3.63) is 33.0 Å². The lowest BCUT2D eigenvalue weighted by Crippen LogP contribution is -2.27. The molecule has 0 aliphatic rings. The molecule has 102 valence electrons. The molecule has 18 heavy (non-hydrogen) atoms. The molecule has 1 aromatic rings. The minimum absolute atomic E-state index is 0.0144. The van der Waals surface area contributed by atoms with Gasteiger partial charge in [-0.2, -0.15) is 0 Å². The molecule has 1 nitrogen and oxygen atoms in total. The Kier molecular flexibility index (Phi) is 6.61. The lowest BCUT2D eigenvalue weighted by atomic mass is 9.90. The van der Waals surface area contributed by atoms with E-state index in [1.165, 1.54) is 6.07 Å². The van der Waals surface area contributed by atoms with Crippen LogP contribution in [-0.4, -0.2) is 6.54 Å². The number of rotatable bonds is 6. The number of halogens is 3. The predicted molar refractivity (Wildman–Crippen MR) is 79.6 cm³/mol. The number of hydrogen-bond donors (Lipinski definition) is 1. The fourth-order valence-corrected chi connectivity index (χ4v) is 2.72. The van der Waals surface area contributed by atoms with Crippen molar-refractivity contribution in [2.24, 2.45) is 5.92 Å². The standard InChI is InChI=1S/C14H20BrClFN/c1-4-6-9(3)14(18-5-2)10-7-12(16)11(15)8-13(10)17/h7-9,14,18H,4-6H2,1-3H3. The molecule has 0 fully saturated rings. The molecule has 0 amide bonds. The average molecular weight is 337 g/mol. The van der Waals surface area contributed by atoms with Gasteiger partial charge in [-0.25, -0.2) is 4.39 Å². The minimum Gasteiger partial charge on any atom is -0.310 e. The minimum atomic E-state index is -0.208. The maximum Gasteiger partial charge on any atom is 0.129 e. The van der Waals surface area contributed by atoms with E-state index < -0.39 is 0 Å². The van der Waals surface area contributed by atoms with Gasteiger partial charge in [-0.05, 0) is 46.9 Å². The van der Waals surface area contributed by atoms with Gasteiger partial charge in [0, 0.05) is 16.1 Å². The van der Waals surface area contributed by atoms with Crippen LogP contribution in [0.5, 0.6) is 0 Å². The molecule has 0 heterocycles. The topological polar surface area (TPSA) is 12.0 Å². The highest BCUT2D eigenvalue weighted by Gasteiger charge is 2.22. The Labute approximate surface area is 122 Å². The summed E-state index contributed by atoms with van der Waals surface area (Å²) < 4.78 is 14.7. The van der Waals surface area contributed by atoms with E-state index in [1.807, 2.05) is 6.92 Å². The first-order valence-corrected chi connectivity index (χ1v) is 7.56. The molecule has 0 spiro atoms. The molecule has 2 unspecified atom stereocenters. The van der Waals surface area contributed by atoms with Crippen LogP contribution in [0.15, 0.2) is 16.6 Å². The van der Waals surface area contributed by atoms with Crippen molar-refractivity contribution in [3.8, 4) is 0 Å². The van der Waals surface area contributed by atoms with E-state index >= 15 is 0 Å². The maximum atomic E-state index is 14.1. The van der Waals surface area contributed by atoms with E-state index in [0.29, 0.717) is 21.0 Å². The molecule has 0 aliphatic carbocycles. The van der Waals surface area contributed by atoms with Crippen LogP contribution >= 0.6 is 27.5 Å². The van der Waals surface area contributed by atoms with Crippen LogP contribution in [0, 0.1) is 11.7 Å². The van der Waals surface area contributed by atoms with Crippen molar-refractivity contribution < 1.29 is 4.39 Å². The summed E-state index contributed by atoms with van der Waals surface area (Å²) in [4.78, 5) is 0. The molecule has 0 saturated carbocycles. The first-order chi connectivity index (χ1) is 8.51. The summed E-state index contributed by atoms with van der Waals surface area (Å²) in [7, 11) is 0. The summed E-state index contributed by atoms with van der Waals surface area (Å²) in [6, 6.07) is 3.18. The second-order valence-corrected chi connectivity index (χ2v) is 5.85. The van der Waals surface area contributed by atoms with E-state index in [1.54, 1.807) is 6.07 Å². The maximum absolute atomic E-state index is 14.1. The molecule has 0 bridgehead atoms.